The fourth-order valence-corrected chi connectivity index (χ4v) is 1.84. The van der Waals surface area contributed by atoms with Gasteiger partial charge in [-0.2, -0.15) is 0 Å². The van der Waals surface area contributed by atoms with Gasteiger partial charge in [0.05, 0.1) is 14.2 Å². The van der Waals surface area contributed by atoms with Crippen LogP contribution in [0.3, 0.4) is 0 Å². The fraction of sp³-hybridized carbons (Fsp3) is 0.500. The standard InChI is InChI=1S/C16H24O3/c1-5-7-8-9-13(6-2)19-16-11-14(17-3)10-15(12-16)18-4/h6,10-13H,2,5,7-9H2,1,3-4H3. The first-order valence-electron chi connectivity index (χ1n) is 6.75. The van der Waals surface area contributed by atoms with E-state index in [1.165, 1.54) is 12.8 Å². The van der Waals surface area contributed by atoms with Gasteiger partial charge in [0.1, 0.15) is 23.4 Å². The van der Waals surface area contributed by atoms with Crippen LogP contribution >= 0.6 is 0 Å². The predicted octanol–water partition coefficient (Wildman–Crippen LogP) is 4.22. The maximum atomic E-state index is 5.92. The van der Waals surface area contributed by atoms with Gasteiger partial charge in [-0.15, -0.1) is 0 Å². The number of methoxy groups -OCH3 is 2. The summed E-state index contributed by atoms with van der Waals surface area (Å²) in [4.78, 5) is 0. The summed E-state index contributed by atoms with van der Waals surface area (Å²) in [6.45, 7) is 6.02. The molecule has 19 heavy (non-hydrogen) atoms. The Morgan fingerprint density at radius 1 is 1.05 bits per heavy atom. The summed E-state index contributed by atoms with van der Waals surface area (Å²) in [5.41, 5.74) is 0. The molecule has 0 radical (unpaired) electrons. The molecular weight excluding hydrogens is 240 g/mol. The van der Waals surface area contributed by atoms with E-state index in [-0.39, 0.29) is 6.10 Å². The molecule has 0 heterocycles. The molecule has 0 saturated carbocycles. The van der Waals surface area contributed by atoms with Crippen LogP contribution in [0.4, 0.5) is 0 Å². The monoisotopic (exact) mass is 264 g/mol. The maximum Gasteiger partial charge on any atom is 0.127 e. The number of ether oxygens (including phenoxy) is 3. The highest BCUT2D eigenvalue weighted by Gasteiger charge is 2.08. The second-order valence-corrected chi connectivity index (χ2v) is 4.44. The summed E-state index contributed by atoms with van der Waals surface area (Å²) < 4.78 is 16.4. The highest BCUT2D eigenvalue weighted by atomic mass is 16.5. The molecule has 0 amide bonds. The van der Waals surface area contributed by atoms with Gasteiger partial charge in [0.25, 0.3) is 0 Å². The molecule has 0 spiro atoms. The van der Waals surface area contributed by atoms with Gasteiger partial charge in [0.15, 0.2) is 0 Å². The predicted molar refractivity (Wildman–Crippen MR) is 78.3 cm³/mol. The lowest BCUT2D eigenvalue weighted by atomic mass is 10.1. The van der Waals surface area contributed by atoms with Crippen molar-refractivity contribution in [2.45, 2.75) is 38.7 Å². The molecule has 0 aliphatic carbocycles. The second kappa shape index (κ2) is 8.46. The van der Waals surface area contributed by atoms with E-state index in [4.69, 9.17) is 14.2 Å². The zero-order chi connectivity index (χ0) is 14.1. The summed E-state index contributed by atoms with van der Waals surface area (Å²) in [5, 5.41) is 0. The molecule has 1 rings (SSSR count). The van der Waals surface area contributed by atoms with E-state index >= 15 is 0 Å². The molecule has 1 atom stereocenters. The Morgan fingerprint density at radius 2 is 1.63 bits per heavy atom. The topological polar surface area (TPSA) is 27.7 Å². The molecular formula is C16H24O3. The van der Waals surface area contributed by atoms with E-state index in [9.17, 15) is 0 Å². The van der Waals surface area contributed by atoms with E-state index in [2.05, 4.69) is 13.5 Å². The van der Waals surface area contributed by atoms with Crippen LogP contribution in [-0.4, -0.2) is 20.3 Å². The summed E-state index contributed by atoms with van der Waals surface area (Å²) in [5.74, 6) is 2.20. The first kappa shape index (κ1) is 15.4. The molecule has 1 unspecified atom stereocenters. The first-order valence-corrected chi connectivity index (χ1v) is 6.75. The molecule has 0 saturated heterocycles. The smallest absolute Gasteiger partial charge is 0.127 e. The Kier molecular flexibility index (Phi) is 6.86. The van der Waals surface area contributed by atoms with Crippen molar-refractivity contribution < 1.29 is 14.2 Å². The lowest BCUT2D eigenvalue weighted by Gasteiger charge is -2.16. The minimum absolute atomic E-state index is 0.0309. The van der Waals surface area contributed by atoms with Crippen molar-refractivity contribution in [3.63, 3.8) is 0 Å². The van der Waals surface area contributed by atoms with E-state index in [0.717, 1.165) is 30.1 Å². The third-order valence-electron chi connectivity index (χ3n) is 2.97. The molecule has 0 aliphatic rings. The van der Waals surface area contributed by atoms with E-state index < -0.39 is 0 Å². The maximum absolute atomic E-state index is 5.92. The van der Waals surface area contributed by atoms with Crippen LogP contribution in [0.2, 0.25) is 0 Å². The lowest BCUT2D eigenvalue weighted by Crippen LogP contribution is -2.13. The van der Waals surface area contributed by atoms with Gasteiger partial charge in [-0.1, -0.05) is 32.4 Å². The Morgan fingerprint density at radius 3 is 2.11 bits per heavy atom. The van der Waals surface area contributed by atoms with Crippen LogP contribution in [0, 0.1) is 0 Å². The molecule has 1 aromatic carbocycles. The largest absolute Gasteiger partial charge is 0.496 e. The minimum Gasteiger partial charge on any atom is -0.496 e. The average Bonchev–Trinajstić information content (AvgIpc) is 2.45. The van der Waals surface area contributed by atoms with Crippen LogP contribution in [0.1, 0.15) is 32.6 Å². The summed E-state index contributed by atoms with van der Waals surface area (Å²) in [6, 6.07) is 5.55. The Labute approximate surface area is 116 Å². The Bertz CT molecular complexity index is 365. The summed E-state index contributed by atoms with van der Waals surface area (Å²) >= 11 is 0. The van der Waals surface area contributed by atoms with Gasteiger partial charge < -0.3 is 14.2 Å². The molecule has 106 valence electrons. The van der Waals surface area contributed by atoms with E-state index in [0.29, 0.717) is 0 Å². The molecule has 0 fully saturated rings. The highest BCUT2D eigenvalue weighted by Crippen LogP contribution is 2.28. The number of rotatable bonds is 9. The van der Waals surface area contributed by atoms with Crippen molar-refractivity contribution >= 4 is 0 Å². The second-order valence-electron chi connectivity index (χ2n) is 4.44. The zero-order valence-corrected chi connectivity index (χ0v) is 12.1. The van der Waals surface area contributed by atoms with Gasteiger partial charge in [-0.05, 0) is 12.8 Å². The van der Waals surface area contributed by atoms with Crippen molar-refractivity contribution in [2.24, 2.45) is 0 Å². The van der Waals surface area contributed by atoms with Gasteiger partial charge in [-0.25, -0.2) is 0 Å². The van der Waals surface area contributed by atoms with Crippen molar-refractivity contribution in [1.29, 1.82) is 0 Å². The Hall–Kier alpha value is -1.64. The fourth-order valence-electron chi connectivity index (χ4n) is 1.84. The van der Waals surface area contributed by atoms with E-state index in [1.807, 2.05) is 24.3 Å². The zero-order valence-electron chi connectivity index (χ0n) is 12.1. The van der Waals surface area contributed by atoms with Crippen molar-refractivity contribution in [2.75, 3.05) is 14.2 Å². The Balaban J connectivity index is 2.69. The molecule has 0 N–H and O–H groups in total. The SMILES string of the molecule is C=CC(CCCCC)Oc1cc(OC)cc(OC)c1. The van der Waals surface area contributed by atoms with Crippen molar-refractivity contribution in [3.05, 3.63) is 30.9 Å². The average molecular weight is 264 g/mol. The van der Waals surface area contributed by atoms with Crippen LogP contribution in [0.5, 0.6) is 17.2 Å². The molecule has 0 bridgehead atoms. The lowest BCUT2D eigenvalue weighted by molar-refractivity contribution is 0.232. The molecule has 0 aromatic heterocycles. The molecule has 3 heteroatoms. The number of hydrogen-bond donors (Lipinski definition) is 0. The quantitative estimate of drug-likeness (QED) is 0.494. The summed E-state index contributed by atoms with van der Waals surface area (Å²) in [7, 11) is 3.26. The highest BCUT2D eigenvalue weighted by molar-refractivity contribution is 5.42. The summed E-state index contributed by atoms with van der Waals surface area (Å²) in [6.07, 6.45) is 6.43. The van der Waals surface area contributed by atoms with E-state index in [1.54, 1.807) is 14.2 Å². The van der Waals surface area contributed by atoms with Crippen LogP contribution in [-0.2, 0) is 0 Å². The third-order valence-corrected chi connectivity index (χ3v) is 2.97. The van der Waals surface area contributed by atoms with Gasteiger partial charge in [0, 0.05) is 18.2 Å². The van der Waals surface area contributed by atoms with Crippen molar-refractivity contribution in [3.8, 4) is 17.2 Å². The van der Waals surface area contributed by atoms with Crippen LogP contribution in [0.25, 0.3) is 0 Å². The molecule has 3 nitrogen and oxygen atoms in total. The number of hydrogen-bond acceptors (Lipinski definition) is 3. The number of unbranched alkanes of at least 4 members (excludes halogenated alkanes) is 2. The van der Waals surface area contributed by atoms with Crippen LogP contribution in [0.15, 0.2) is 30.9 Å². The van der Waals surface area contributed by atoms with Gasteiger partial charge in [0.2, 0.25) is 0 Å². The van der Waals surface area contributed by atoms with Crippen molar-refractivity contribution in [1.82, 2.24) is 0 Å². The van der Waals surface area contributed by atoms with Crippen LogP contribution < -0.4 is 14.2 Å². The molecule has 1 aromatic rings. The normalized spacial score (nSPS) is 11.7. The van der Waals surface area contributed by atoms with Gasteiger partial charge >= 0.3 is 0 Å². The third kappa shape index (κ3) is 5.25. The molecule has 0 aliphatic heterocycles. The first-order chi connectivity index (χ1) is 9.23. The van der Waals surface area contributed by atoms with Gasteiger partial charge in [-0.3, -0.25) is 0 Å². The minimum atomic E-state index is 0.0309. The number of benzene rings is 1.